The molecule has 0 bridgehead atoms. The van der Waals surface area contributed by atoms with Gasteiger partial charge >= 0.3 is 11.9 Å². The minimum atomic E-state index is -0.460. The summed E-state index contributed by atoms with van der Waals surface area (Å²) in [6.45, 7) is 9.60. The lowest BCUT2D eigenvalue weighted by Crippen LogP contribution is -2.33. The van der Waals surface area contributed by atoms with E-state index in [4.69, 9.17) is 9.47 Å². The van der Waals surface area contributed by atoms with Crippen LogP contribution in [0, 0.1) is 5.41 Å². The van der Waals surface area contributed by atoms with E-state index in [0.29, 0.717) is 12.0 Å². The highest BCUT2D eigenvalue weighted by Crippen LogP contribution is 2.34. The Hall–Kier alpha value is -2.56. The van der Waals surface area contributed by atoms with Crippen molar-refractivity contribution in [2.45, 2.75) is 72.5 Å². The van der Waals surface area contributed by atoms with Crippen molar-refractivity contribution in [3.8, 4) is 5.75 Å². The second kappa shape index (κ2) is 9.77. The van der Waals surface area contributed by atoms with Crippen molar-refractivity contribution in [2.24, 2.45) is 5.41 Å². The van der Waals surface area contributed by atoms with Crippen molar-refractivity contribution in [3.05, 3.63) is 53.1 Å². The zero-order valence-corrected chi connectivity index (χ0v) is 18.0. The Labute approximate surface area is 173 Å². The monoisotopic (exact) mass is 400 g/mol. The Morgan fingerprint density at radius 3 is 2.38 bits per heavy atom. The van der Waals surface area contributed by atoms with E-state index in [1.807, 2.05) is 13.0 Å². The molecule has 2 unspecified atom stereocenters. The number of hydrogen-bond acceptors (Lipinski definition) is 5. The molecule has 0 radical (unpaired) electrons. The fourth-order valence-electron chi connectivity index (χ4n) is 3.44. The third-order valence-corrected chi connectivity index (χ3v) is 5.41. The molecule has 0 heterocycles. The average molecular weight is 401 g/mol. The molecule has 0 saturated heterocycles. The van der Waals surface area contributed by atoms with Gasteiger partial charge in [0.1, 0.15) is 18.0 Å². The number of hydrogen-bond donors (Lipinski definition) is 1. The molecule has 0 aromatic heterocycles. The molecule has 0 amide bonds. The summed E-state index contributed by atoms with van der Waals surface area (Å²) in [4.78, 5) is 24.3. The van der Waals surface area contributed by atoms with Crippen molar-refractivity contribution in [3.63, 3.8) is 0 Å². The molecule has 0 aliphatic heterocycles. The van der Waals surface area contributed by atoms with Gasteiger partial charge in [0.05, 0.1) is 5.56 Å². The summed E-state index contributed by atoms with van der Waals surface area (Å²) in [6, 6.07) is 5.99. The van der Waals surface area contributed by atoms with E-state index in [-0.39, 0.29) is 17.1 Å². The molecular weight excluding hydrogens is 368 g/mol. The van der Waals surface area contributed by atoms with Gasteiger partial charge < -0.3 is 14.6 Å². The van der Waals surface area contributed by atoms with Gasteiger partial charge in [-0.25, -0.2) is 4.79 Å². The van der Waals surface area contributed by atoms with Gasteiger partial charge in [0.25, 0.3) is 0 Å². The highest BCUT2D eigenvalue weighted by molar-refractivity contribution is 5.89. The van der Waals surface area contributed by atoms with Crippen LogP contribution in [0.5, 0.6) is 5.75 Å². The number of allylic oxidation sites excluding steroid dienone is 1. The molecule has 2 atom stereocenters. The number of phenolic OH excluding ortho intramolecular Hbond substituents is 1. The summed E-state index contributed by atoms with van der Waals surface area (Å²) < 4.78 is 11.4. The smallest absolute Gasteiger partial charge is 0.338 e. The molecule has 29 heavy (non-hydrogen) atoms. The maximum Gasteiger partial charge on any atom is 0.338 e. The first kappa shape index (κ1) is 22.7. The number of rotatable bonds is 3. The Morgan fingerprint density at radius 1 is 1.10 bits per heavy atom. The van der Waals surface area contributed by atoms with Crippen LogP contribution in [-0.2, 0) is 14.3 Å². The number of carbonyl (C=O) groups is 2. The fraction of sp³-hybridized carbons (Fsp3) is 0.500. The van der Waals surface area contributed by atoms with Gasteiger partial charge in [0.15, 0.2) is 0 Å². The Morgan fingerprint density at radius 2 is 1.76 bits per heavy atom. The predicted molar refractivity (Wildman–Crippen MR) is 113 cm³/mol. The first-order valence-corrected chi connectivity index (χ1v) is 10.1. The normalized spacial score (nSPS) is 26.1. The van der Waals surface area contributed by atoms with Crippen molar-refractivity contribution < 1.29 is 24.2 Å². The van der Waals surface area contributed by atoms with Crippen LogP contribution in [0.4, 0.5) is 0 Å². The van der Waals surface area contributed by atoms with E-state index in [2.05, 4.69) is 26.8 Å². The number of phenols is 1. The number of benzene rings is 1. The molecule has 0 spiro atoms. The van der Waals surface area contributed by atoms with Crippen molar-refractivity contribution in [2.75, 3.05) is 0 Å². The van der Waals surface area contributed by atoms with E-state index in [9.17, 15) is 14.7 Å². The lowest BCUT2D eigenvalue weighted by Gasteiger charge is -2.32. The summed E-state index contributed by atoms with van der Waals surface area (Å²) in [5.74, 6) is -0.682. The number of carbonyl (C=O) groups excluding carboxylic acids is 2. The third kappa shape index (κ3) is 6.77. The van der Waals surface area contributed by atoms with Crippen molar-refractivity contribution >= 4 is 11.9 Å². The third-order valence-electron chi connectivity index (χ3n) is 5.41. The minimum absolute atomic E-state index is 0.0950. The van der Waals surface area contributed by atoms with Crippen LogP contribution in [0.15, 0.2) is 47.6 Å². The predicted octanol–water partition coefficient (Wildman–Crippen LogP) is 5.34. The van der Waals surface area contributed by atoms with Crippen LogP contribution in [0.25, 0.3) is 0 Å². The molecule has 1 aliphatic carbocycles. The largest absolute Gasteiger partial charge is 0.508 e. The highest BCUT2D eigenvalue weighted by atomic mass is 16.5. The number of aromatic hydroxyl groups is 1. The Balaban J connectivity index is 2.33. The molecule has 0 saturated carbocycles. The molecule has 0 fully saturated rings. The summed E-state index contributed by atoms with van der Waals surface area (Å²) >= 11 is 0. The molecule has 5 heteroatoms. The molecule has 158 valence electrons. The van der Waals surface area contributed by atoms with E-state index >= 15 is 0 Å². The standard InChI is InChI=1S/C24H32O5/c1-16-7-6-14-24(4,5)22(28-18(3)25)15-17(2)21(13-8-16)29-23(27)19-9-11-20(26)12-10-19/h8-12,15,21-22,26H,6-7,13-14H2,1-5H3/b16-8+,17-15+. The second-order valence-corrected chi connectivity index (χ2v) is 8.51. The Kier molecular flexibility index (Phi) is 7.66. The topological polar surface area (TPSA) is 72.8 Å². The molecule has 1 aliphatic rings. The SMILES string of the molecule is CC(=O)OC1/C=C(\C)C(OC(=O)c2ccc(O)cc2)C/C=C(\C)CCCC1(C)C. The van der Waals surface area contributed by atoms with E-state index < -0.39 is 18.2 Å². The zero-order valence-electron chi connectivity index (χ0n) is 18.0. The minimum Gasteiger partial charge on any atom is -0.508 e. The summed E-state index contributed by atoms with van der Waals surface area (Å²) in [5.41, 5.74) is 2.25. The maximum absolute atomic E-state index is 12.6. The first-order valence-electron chi connectivity index (χ1n) is 10.1. The zero-order chi connectivity index (χ0) is 21.6. The van der Waals surface area contributed by atoms with E-state index in [1.165, 1.54) is 36.8 Å². The average Bonchev–Trinajstić information content (AvgIpc) is 2.65. The summed E-state index contributed by atoms with van der Waals surface area (Å²) in [7, 11) is 0. The fourth-order valence-corrected chi connectivity index (χ4v) is 3.44. The number of ether oxygens (including phenoxy) is 2. The number of esters is 2. The van der Waals surface area contributed by atoms with Crippen LogP contribution >= 0.6 is 0 Å². The molecule has 1 aromatic rings. The van der Waals surface area contributed by atoms with Gasteiger partial charge in [-0.3, -0.25) is 4.79 Å². The highest BCUT2D eigenvalue weighted by Gasteiger charge is 2.32. The van der Waals surface area contributed by atoms with Crippen LogP contribution in [-0.4, -0.2) is 29.3 Å². The van der Waals surface area contributed by atoms with Crippen LogP contribution in [0.1, 0.15) is 70.7 Å². The Bertz CT molecular complexity index is 786. The van der Waals surface area contributed by atoms with Gasteiger partial charge in [-0.15, -0.1) is 0 Å². The summed E-state index contributed by atoms with van der Waals surface area (Å²) in [6.07, 6.45) is 6.61. The van der Waals surface area contributed by atoms with Crippen LogP contribution < -0.4 is 0 Å². The van der Waals surface area contributed by atoms with E-state index in [1.54, 1.807) is 0 Å². The van der Waals surface area contributed by atoms with Gasteiger partial charge in [0, 0.05) is 18.8 Å². The van der Waals surface area contributed by atoms with Gasteiger partial charge in [0.2, 0.25) is 0 Å². The second-order valence-electron chi connectivity index (χ2n) is 8.51. The maximum atomic E-state index is 12.6. The van der Waals surface area contributed by atoms with Crippen LogP contribution in [0.2, 0.25) is 0 Å². The van der Waals surface area contributed by atoms with Crippen molar-refractivity contribution in [1.29, 1.82) is 0 Å². The van der Waals surface area contributed by atoms with Crippen molar-refractivity contribution in [1.82, 2.24) is 0 Å². The van der Waals surface area contributed by atoms with Gasteiger partial charge in [-0.1, -0.05) is 25.5 Å². The summed E-state index contributed by atoms with van der Waals surface area (Å²) in [5, 5.41) is 9.42. The lowest BCUT2D eigenvalue weighted by atomic mass is 9.80. The van der Waals surface area contributed by atoms with E-state index in [0.717, 1.165) is 24.8 Å². The molecule has 1 N–H and O–H groups in total. The van der Waals surface area contributed by atoms with Crippen LogP contribution in [0.3, 0.4) is 0 Å². The van der Waals surface area contributed by atoms with Gasteiger partial charge in [-0.05, 0) is 69.0 Å². The first-order chi connectivity index (χ1) is 13.6. The lowest BCUT2D eigenvalue weighted by molar-refractivity contribution is -0.149. The molecule has 2 rings (SSSR count). The molecule has 5 nitrogen and oxygen atoms in total. The van der Waals surface area contributed by atoms with Gasteiger partial charge in [-0.2, -0.15) is 0 Å². The molecule has 1 aromatic carbocycles. The quantitative estimate of drug-likeness (QED) is 0.547. The molecular formula is C24H32O5.